The molecule has 0 fully saturated rings. The monoisotopic (exact) mass is 380 g/mol. The van der Waals surface area contributed by atoms with Crippen molar-refractivity contribution in [2.45, 2.75) is 24.8 Å². The number of nitrogens with one attached hydrogen (secondary N) is 1. The van der Waals surface area contributed by atoms with Crippen molar-refractivity contribution in [2.75, 3.05) is 14.2 Å². The van der Waals surface area contributed by atoms with Gasteiger partial charge in [0.25, 0.3) is 5.69 Å². The molecule has 0 saturated carbocycles. The second kappa shape index (κ2) is 7.71. The molecule has 0 radical (unpaired) electrons. The lowest BCUT2D eigenvalue weighted by Crippen LogP contribution is -2.27. The molecule has 1 atom stereocenters. The molecule has 2 rings (SSSR count). The molecule has 0 aliphatic carbocycles. The summed E-state index contributed by atoms with van der Waals surface area (Å²) < 4.78 is 38.3. The maximum Gasteiger partial charge on any atom is 0.270 e. The highest BCUT2D eigenvalue weighted by atomic mass is 32.2. The Morgan fingerprint density at radius 3 is 2.31 bits per heavy atom. The predicted molar refractivity (Wildman–Crippen MR) is 96.1 cm³/mol. The summed E-state index contributed by atoms with van der Waals surface area (Å²) in [5, 5.41) is 10.9. The van der Waals surface area contributed by atoms with E-state index in [1.54, 1.807) is 32.0 Å². The molecule has 0 saturated heterocycles. The second-order valence-corrected chi connectivity index (χ2v) is 7.35. The van der Waals surface area contributed by atoms with Crippen molar-refractivity contribution >= 4 is 15.7 Å². The van der Waals surface area contributed by atoms with Gasteiger partial charge in [0.1, 0.15) is 0 Å². The molecule has 0 amide bonds. The minimum absolute atomic E-state index is 0.126. The fraction of sp³-hybridized carbons (Fsp3) is 0.294. The van der Waals surface area contributed by atoms with Crippen molar-refractivity contribution in [3.8, 4) is 11.5 Å². The highest BCUT2D eigenvalue weighted by Crippen LogP contribution is 2.31. The molecule has 26 heavy (non-hydrogen) atoms. The zero-order valence-corrected chi connectivity index (χ0v) is 15.7. The van der Waals surface area contributed by atoms with Gasteiger partial charge in [-0.1, -0.05) is 12.1 Å². The molecular formula is C17H20N2O6S. The number of benzene rings is 2. The number of hydrogen-bond acceptors (Lipinski definition) is 6. The van der Waals surface area contributed by atoms with Gasteiger partial charge < -0.3 is 9.47 Å². The summed E-state index contributed by atoms with van der Waals surface area (Å²) in [5.74, 6) is 1.00. The Kier molecular flexibility index (Phi) is 5.83. The first-order chi connectivity index (χ1) is 12.2. The Balaban J connectivity index is 2.35. The van der Waals surface area contributed by atoms with Crippen LogP contribution < -0.4 is 14.2 Å². The van der Waals surface area contributed by atoms with Gasteiger partial charge in [0.15, 0.2) is 11.5 Å². The Hall–Kier alpha value is -2.65. The summed E-state index contributed by atoms with van der Waals surface area (Å²) in [5.41, 5.74) is 0.798. The van der Waals surface area contributed by atoms with Crippen molar-refractivity contribution in [1.82, 2.24) is 4.72 Å². The summed E-state index contributed by atoms with van der Waals surface area (Å²) in [4.78, 5) is 10.2. The van der Waals surface area contributed by atoms with E-state index in [0.29, 0.717) is 22.6 Å². The van der Waals surface area contributed by atoms with E-state index >= 15 is 0 Å². The molecule has 140 valence electrons. The van der Waals surface area contributed by atoms with Crippen molar-refractivity contribution in [3.05, 3.63) is 57.6 Å². The average Bonchev–Trinajstić information content (AvgIpc) is 2.60. The van der Waals surface area contributed by atoms with Gasteiger partial charge in [-0.15, -0.1) is 0 Å². The lowest BCUT2D eigenvalue weighted by atomic mass is 10.1. The third-order valence-corrected chi connectivity index (χ3v) is 5.59. The van der Waals surface area contributed by atoms with Crippen LogP contribution in [-0.2, 0) is 10.0 Å². The molecule has 0 heterocycles. The number of hydrogen-bond donors (Lipinski definition) is 1. The molecule has 0 bridgehead atoms. The SMILES string of the molecule is COc1ccc([C@@H](C)NS(=O)(=O)c2cc([N+](=O)[O-])ccc2C)cc1OC. The normalized spacial score (nSPS) is 12.5. The van der Waals surface area contributed by atoms with E-state index in [2.05, 4.69) is 4.72 Å². The maximum absolute atomic E-state index is 12.7. The van der Waals surface area contributed by atoms with Crippen molar-refractivity contribution in [1.29, 1.82) is 0 Å². The van der Waals surface area contributed by atoms with E-state index in [-0.39, 0.29) is 10.6 Å². The van der Waals surface area contributed by atoms with Gasteiger partial charge >= 0.3 is 0 Å². The first-order valence-electron chi connectivity index (χ1n) is 7.69. The van der Waals surface area contributed by atoms with Crippen LogP contribution in [0.2, 0.25) is 0 Å². The number of nitro groups is 1. The molecular weight excluding hydrogens is 360 g/mol. The van der Waals surface area contributed by atoms with E-state index in [0.717, 1.165) is 6.07 Å². The molecule has 0 aromatic heterocycles. The minimum atomic E-state index is -3.96. The Morgan fingerprint density at radius 2 is 1.73 bits per heavy atom. The number of non-ortho nitro benzene ring substituents is 1. The summed E-state index contributed by atoms with van der Waals surface area (Å²) in [7, 11) is -0.958. The van der Waals surface area contributed by atoms with Gasteiger partial charge in [-0.2, -0.15) is 0 Å². The molecule has 0 aliphatic rings. The van der Waals surface area contributed by atoms with E-state index < -0.39 is 21.0 Å². The molecule has 2 aromatic rings. The fourth-order valence-corrected chi connectivity index (χ4v) is 3.97. The zero-order valence-electron chi connectivity index (χ0n) is 14.8. The largest absolute Gasteiger partial charge is 0.493 e. The Bertz CT molecular complexity index is 927. The van der Waals surface area contributed by atoms with E-state index in [1.165, 1.54) is 26.4 Å². The standard InChI is InChI=1S/C17H20N2O6S/c1-11-5-7-14(19(20)21)10-17(11)26(22,23)18-12(2)13-6-8-15(24-3)16(9-13)25-4/h5-10,12,18H,1-4H3/t12-/m1/s1. The third kappa shape index (κ3) is 4.12. The van der Waals surface area contributed by atoms with Gasteiger partial charge in [0.05, 0.1) is 24.0 Å². The van der Waals surface area contributed by atoms with Crippen LogP contribution in [0.15, 0.2) is 41.3 Å². The minimum Gasteiger partial charge on any atom is -0.493 e. The van der Waals surface area contributed by atoms with Gasteiger partial charge in [-0.3, -0.25) is 10.1 Å². The number of nitrogens with zero attached hydrogens (tertiary/aromatic N) is 1. The predicted octanol–water partition coefficient (Wildman–Crippen LogP) is 2.96. The van der Waals surface area contributed by atoms with Gasteiger partial charge in [0.2, 0.25) is 10.0 Å². The van der Waals surface area contributed by atoms with Crippen LogP contribution in [0.5, 0.6) is 11.5 Å². The van der Waals surface area contributed by atoms with Crippen molar-refractivity contribution in [3.63, 3.8) is 0 Å². The van der Waals surface area contributed by atoms with E-state index in [4.69, 9.17) is 9.47 Å². The Morgan fingerprint density at radius 1 is 1.08 bits per heavy atom. The average molecular weight is 380 g/mol. The van der Waals surface area contributed by atoms with Crippen LogP contribution in [0.4, 0.5) is 5.69 Å². The van der Waals surface area contributed by atoms with Gasteiger partial charge in [-0.25, -0.2) is 13.1 Å². The first-order valence-corrected chi connectivity index (χ1v) is 9.17. The van der Waals surface area contributed by atoms with Crippen LogP contribution in [0.25, 0.3) is 0 Å². The maximum atomic E-state index is 12.7. The van der Waals surface area contributed by atoms with Gasteiger partial charge in [0, 0.05) is 18.2 Å². The van der Waals surface area contributed by atoms with Gasteiger partial charge in [-0.05, 0) is 37.1 Å². The Labute approximate surface area is 152 Å². The topological polar surface area (TPSA) is 108 Å². The lowest BCUT2D eigenvalue weighted by molar-refractivity contribution is -0.385. The highest BCUT2D eigenvalue weighted by molar-refractivity contribution is 7.89. The van der Waals surface area contributed by atoms with E-state index in [9.17, 15) is 18.5 Å². The molecule has 0 aliphatic heterocycles. The molecule has 0 unspecified atom stereocenters. The molecule has 2 aromatic carbocycles. The molecule has 0 spiro atoms. The second-order valence-electron chi connectivity index (χ2n) is 5.66. The summed E-state index contributed by atoms with van der Waals surface area (Å²) in [6, 6.07) is 8.22. The smallest absolute Gasteiger partial charge is 0.270 e. The third-order valence-electron chi connectivity index (χ3n) is 3.91. The van der Waals surface area contributed by atoms with Crippen LogP contribution in [0.1, 0.15) is 24.1 Å². The quantitative estimate of drug-likeness (QED) is 0.584. The summed E-state index contributed by atoms with van der Waals surface area (Å²) >= 11 is 0. The van der Waals surface area contributed by atoms with Crippen LogP contribution in [-0.4, -0.2) is 27.6 Å². The zero-order chi connectivity index (χ0) is 19.5. The van der Waals surface area contributed by atoms with Crippen molar-refractivity contribution < 1.29 is 22.8 Å². The molecule has 1 N–H and O–H groups in total. The first kappa shape index (κ1) is 19.7. The fourth-order valence-electron chi connectivity index (χ4n) is 2.48. The number of ether oxygens (including phenoxy) is 2. The number of sulfonamides is 1. The van der Waals surface area contributed by atoms with Crippen LogP contribution in [0.3, 0.4) is 0 Å². The van der Waals surface area contributed by atoms with Crippen LogP contribution in [0, 0.1) is 17.0 Å². The summed E-state index contributed by atoms with van der Waals surface area (Å²) in [6.07, 6.45) is 0. The molecule has 8 nitrogen and oxygen atoms in total. The van der Waals surface area contributed by atoms with Crippen molar-refractivity contribution in [2.24, 2.45) is 0 Å². The van der Waals surface area contributed by atoms with E-state index in [1.807, 2.05) is 0 Å². The number of nitro benzene ring substituents is 1. The van der Waals surface area contributed by atoms with Crippen LogP contribution >= 0.6 is 0 Å². The summed E-state index contributed by atoms with van der Waals surface area (Å²) in [6.45, 7) is 3.25. The highest BCUT2D eigenvalue weighted by Gasteiger charge is 2.23. The lowest BCUT2D eigenvalue weighted by Gasteiger charge is -2.17. The number of aryl methyl sites for hydroxylation is 1. The molecule has 9 heteroatoms. The number of rotatable bonds is 7. The number of methoxy groups -OCH3 is 2.